The summed E-state index contributed by atoms with van der Waals surface area (Å²) in [6.07, 6.45) is 0. The molecule has 38 heavy (non-hydrogen) atoms. The van der Waals surface area contributed by atoms with E-state index < -0.39 is 34.7 Å². The third kappa shape index (κ3) is 4.49. The van der Waals surface area contributed by atoms with Crippen molar-refractivity contribution in [2.24, 2.45) is 5.92 Å². The maximum atomic E-state index is 13.9. The molecular formula is C27H17BrClFN2O4S2. The van der Waals surface area contributed by atoms with Gasteiger partial charge in [0, 0.05) is 25.9 Å². The van der Waals surface area contributed by atoms with Gasteiger partial charge in [-0.05, 0) is 60.2 Å². The molecule has 2 aliphatic rings. The number of aromatic amines is 1. The monoisotopic (exact) mass is 630 g/mol. The van der Waals surface area contributed by atoms with Gasteiger partial charge in [-0.3, -0.25) is 14.4 Å². The highest BCUT2D eigenvalue weighted by molar-refractivity contribution is 9.10. The Morgan fingerprint density at radius 2 is 1.82 bits per heavy atom. The number of H-pyrrole nitrogens is 1. The molecule has 3 atom stereocenters. The van der Waals surface area contributed by atoms with Crippen molar-refractivity contribution in [2.75, 3.05) is 4.90 Å². The third-order valence-electron chi connectivity index (χ3n) is 6.50. The Morgan fingerprint density at radius 1 is 1.03 bits per heavy atom. The Labute approximate surface area is 237 Å². The number of thiazole rings is 1. The standard InChI is InChI=1S/C27H17BrClFN2O4S2/c28-14-4-9-19(36-12-13-2-1-3-15(29)10-13)18(11-14)20-21-23(37-24-22(20)38-27(35)31-24)26(34)32(25(21)33)17-7-5-16(30)6-8-17/h1-11,20-21,23H,12H2,(H,31,35)/t20-,21?,23?/m1/s1. The van der Waals surface area contributed by atoms with Crippen LogP contribution in [0, 0.1) is 11.7 Å². The first kappa shape index (κ1) is 25.4. The van der Waals surface area contributed by atoms with Gasteiger partial charge in [0.05, 0.1) is 16.6 Å². The molecule has 6 nitrogen and oxygen atoms in total. The van der Waals surface area contributed by atoms with E-state index in [9.17, 15) is 18.8 Å². The molecule has 3 heterocycles. The number of nitrogens with zero attached hydrogens (tertiary/aromatic N) is 1. The fourth-order valence-corrected chi connectivity index (χ4v) is 7.98. The first-order chi connectivity index (χ1) is 18.3. The predicted molar refractivity (Wildman–Crippen MR) is 149 cm³/mol. The lowest BCUT2D eigenvalue weighted by molar-refractivity contribution is -0.122. The summed E-state index contributed by atoms with van der Waals surface area (Å²) in [6, 6.07) is 18.1. The number of benzene rings is 3. The Bertz CT molecular complexity index is 1640. The van der Waals surface area contributed by atoms with Crippen LogP contribution in [0.5, 0.6) is 5.75 Å². The van der Waals surface area contributed by atoms with E-state index in [2.05, 4.69) is 20.9 Å². The fraction of sp³-hybridized carbons (Fsp3) is 0.148. The van der Waals surface area contributed by atoms with Crippen molar-refractivity contribution in [3.05, 3.63) is 108 Å². The van der Waals surface area contributed by atoms with Gasteiger partial charge in [0.2, 0.25) is 11.8 Å². The van der Waals surface area contributed by atoms with Crippen molar-refractivity contribution in [3.63, 3.8) is 0 Å². The Hall–Kier alpha value is -2.92. The van der Waals surface area contributed by atoms with E-state index in [0.29, 0.717) is 31.9 Å². The molecule has 3 aromatic carbocycles. The van der Waals surface area contributed by atoms with E-state index in [4.69, 9.17) is 16.3 Å². The fourth-order valence-electron chi connectivity index (χ4n) is 4.88. The maximum Gasteiger partial charge on any atom is 0.305 e. The van der Waals surface area contributed by atoms with E-state index >= 15 is 0 Å². The topological polar surface area (TPSA) is 79.5 Å². The molecule has 11 heteroatoms. The van der Waals surface area contributed by atoms with Crippen molar-refractivity contribution < 1.29 is 18.7 Å². The molecule has 192 valence electrons. The largest absolute Gasteiger partial charge is 0.489 e. The maximum absolute atomic E-state index is 13.9. The van der Waals surface area contributed by atoms with Gasteiger partial charge in [0.25, 0.3) is 0 Å². The smallest absolute Gasteiger partial charge is 0.305 e. The molecule has 2 amide bonds. The molecule has 0 spiro atoms. The molecule has 6 rings (SSSR count). The van der Waals surface area contributed by atoms with Crippen molar-refractivity contribution in [1.82, 2.24) is 4.98 Å². The van der Waals surface area contributed by atoms with Crippen LogP contribution in [0.15, 0.2) is 81.0 Å². The molecule has 1 fully saturated rings. The van der Waals surface area contributed by atoms with Crippen LogP contribution >= 0.6 is 50.6 Å². The number of hydrogen-bond acceptors (Lipinski definition) is 6. The van der Waals surface area contributed by atoms with Gasteiger partial charge < -0.3 is 9.72 Å². The van der Waals surface area contributed by atoms with E-state index in [1.54, 1.807) is 12.1 Å². The van der Waals surface area contributed by atoms with Crippen molar-refractivity contribution in [1.29, 1.82) is 0 Å². The average Bonchev–Trinajstić information content (AvgIpc) is 3.38. The number of carbonyl (C=O) groups is 2. The van der Waals surface area contributed by atoms with Gasteiger partial charge in [-0.2, -0.15) is 0 Å². The van der Waals surface area contributed by atoms with Gasteiger partial charge in [-0.1, -0.05) is 62.8 Å². The Morgan fingerprint density at radius 3 is 2.58 bits per heavy atom. The van der Waals surface area contributed by atoms with Crippen molar-refractivity contribution in [2.45, 2.75) is 22.8 Å². The summed E-state index contributed by atoms with van der Waals surface area (Å²) in [4.78, 5) is 44.2. The molecule has 1 saturated heterocycles. The molecule has 0 saturated carbocycles. The summed E-state index contributed by atoms with van der Waals surface area (Å²) < 4.78 is 20.6. The van der Waals surface area contributed by atoms with Crippen LogP contribution < -0.4 is 14.5 Å². The lowest BCUT2D eigenvalue weighted by Crippen LogP contribution is -2.32. The SMILES string of the molecule is O=C1C2Sc3[nH]c(=O)sc3[C@H](c3cc(Br)ccc3OCc3cccc(Cl)c3)C2C(=O)N1c1ccc(F)cc1. The second-order valence-corrected chi connectivity index (χ2v) is 12.4. The van der Waals surface area contributed by atoms with Gasteiger partial charge in [-0.15, -0.1) is 0 Å². The number of ether oxygens (including phenoxy) is 1. The highest BCUT2D eigenvalue weighted by Crippen LogP contribution is 2.54. The number of thioether (sulfide) groups is 1. The normalized spacial score (nSPS) is 20.4. The third-order valence-corrected chi connectivity index (χ3v) is 9.63. The molecule has 1 aromatic heterocycles. The van der Waals surface area contributed by atoms with Crippen LogP contribution in [0.2, 0.25) is 5.02 Å². The minimum Gasteiger partial charge on any atom is -0.489 e. The first-order valence-corrected chi connectivity index (χ1v) is 14.4. The summed E-state index contributed by atoms with van der Waals surface area (Å²) in [5.41, 5.74) is 1.85. The number of nitrogens with one attached hydrogen (secondary N) is 1. The number of fused-ring (bicyclic) bond motifs is 2. The van der Waals surface area contributed by atoms with Crippen LogP contribution in [-0.2, 0) is 16.2 Å². The number of anilines is 1. The number of aromatic nitrogens is 1. The number of amides is 2. The molecule has 2 unspecified atom stereocenters. The second kappa shape index (κ2) is 10.00. The zero-order valence-corrected chi connectivity index (χ0v) is 23.3. The highest BCUT2D eigenvalue weighted by Gasteiger charge is 2.56. The lowest BCUT2D eigenvalue weighted by Gasteiger charge is -2.31. The summed E-state index contributed by atoms with van der Waals surface area (Å²) >= 11 is 11.9. The zero-order chi connectivity index (χ0) is 26.6. The van der Waals surface area contributed by atoms with Crippen LogP contribution in [0.25, 0.3) is 0 Å². The number of hydrogen-bond donors (Lipinski definition) is 1. The quantitative estimate of drug-likeness (QED) is 0.259. The summed E-state index contributed by atoms with van der Waals surface area (Å²) in [5.74, 6) is -2.16. The van der Waals surface area contributed by atoms with Crippen LogP contribution in [0.4, 0.5) is 10.1 Å². The molecule has 4 aromatic rings. The molecule has 0 bridgehead atoms. The molecule has 2 aliphatic heterocycles. The average molecular weight is 632 g/mol. The second-order valence-electron chi connectivity index (χ2n) is 8.84. The van der Waals surface area contributed by atoms with E-state index in [-0.39, 0.29) is 11.5 Å². The van der Waals surface area contributed by atoms with Gasteiger partial charge in [0.1, 0.15) is 23.4 Å². The Balaban J connectivity index is 1.45. The van der Waals surface area contributed by atoms with Gasteiger partial charge >= 0.3 is 4.87 Å². The number of rotatable bonds is 5. The lowest BCUT2D eigenvalue weighted by atomic mass is 9.82. The predicted octanol–water partition coefficient (Wildman–Crippen LogP) is 6.37. The minimum atomic E-state index is -0.792. The van der Waals surface area contributed by atoms with Crippen molar-refractivity contribution in [3.8, 4) is 5.75 Å². The molecule has 0 aliphatic carbocycles. The minimum absolute atomic E-state index is 0.232. The molecule has 1 N–H and O–H groups in total. The van der Waals surface area contributed by atoms with Crippen molar-refractivity contribution >= 4 is 68.1 Å². The van der Waals surface area contributed by atoms with Crippen LogP contribution in [-0.4, -0.2) is 22.0 Å². The Kier molecular flexibility index (Phi) is 6.67. The number of halogens is 3. The van der Waals surface area contributed by atoms with E-state index in [0.717, 1.165) is 26.3 Å². The van der Waals surface area contributed by atoms with Gasteiger partial charge in [-0.25, -0.2) is 9.29 Å². The van der Waals surface area contributed by atoms with Crippen LogP contribution in [0.3, 0.4) is 0 Å². The van der Waals surface area contributed by atoms with Crippen LogP contribution in [0.1, 0.15) is 21.9 Å². The van der Waals surface area contributed by atoms with E-state index in [1.807, 2.05) is 30.3 Å². The summed E-state index contributed by atoms with van der Waals surface area (Å²) in [5, 5.41) is 0.385. The summed E-state index contributed by atoms with van der Waals surface area (Å²) in [7, 11) is 0. The molecule has 0 radical (unpaired) electrons. The van der Waals surface area contributed by atoms with Gasteiger partial charge in [0.15, 0.2) is 0 Å². The van der Waals surface area contributed by atoms with E-state index in [1.165, 1.54) is 36.0 Å². The zero-order valence-electron chi connectivity index (χ0n) is 19.3. The first-order valence-electron chi connectivity index (χ1n) is 11.5. The number of imide groups is 1. The highest BCUT2D eigenvalue weighted by atomic mass is 79.9. The summed E-state index contributed by atoms with van der Waals surface area (Å²) in [6.45, 7) is 0.232. The molecular weight excluding hydrogens is 615 g/mol. The number of carbonyl (C=O) groups excluding carboxylic acids is 2.